The molecule has 0 aromatic heterocycles. The number of aliphatic carboxylic acids is 1. The summed E-state index contributed by atoms with van der Waals surface area (Å²) in [4.78, 5) is 11.4. The molecule has 0 aliphatic rings. The number of ether oxygens (including phenoxy) is 1. The Morgan fingerprint density at radius 1 is 0.600 bits per heavy atom. The lowest BCUT2D eigenvalue weighted by atomic mass is 10.0. The zero-order chi connectivity index (χ0) is 22.3. The highest BCUT2D eigenvalue weighted by atomic mass is 16.6. The number of aliphatic hydroxyl groups is 1. The third kappa shape index (κ3) is 18.2. The molecule has 0 aromatic rings. The van der Waals surface area contributed by atoms with E-state index in [4.69, 9.17) is 4.74 Å². The van der Waals surface area contributed by atoms with E-state index in [-0.39, 0.29) is 6.42 Å². The highest BCUT2D eigenvalue weighted by molar-refractivity contribution is 5.75. The molecule has 0 amide bonds. The van der Waals surface area contributed by atoms with Crippen molar-refractivity contribution in [2.24, 2.45) is 0 Å². The van der Waals surface area contributed by atoms with Gasteiger partial charge in [0, 0.05) is 6.42 Å². The van der Waals surface area contributed by atoms with Crippen LogP contribution in [0.3, 0.4) is 0 Å². The molecular formula is C26H52O4. The fourth-order valence-electron chi connectivity index (χ4n) is 3.92. The van der Waals surface area contributed by atoms with Crippen LogP contribution in [-0.2, 0) is 9.53 Å². The fourth-order valence-corrected chi connectivity index (χ4v) is 3.92. The number of carboxylic acids is 1. The van der Waals surface area contributed by atoms with Gasteiger partial charge in [-0.25, -0.2) is 4.79 Å². The van der Waals surface area contributed by atoms with Crippen LogP contribution in [0, 0.1) is 0 Å². The Bertz CT molecular complexity index is 372. The quantitative estimate of drug-likeness (QED) is 0.121. The summed E-state index contributed by atoms with van der Waals surface area (Å²) in [6.07, 6.45) is 24.5. The summed E-state index contributed by atoms with van der Waals surface area (Å²) in [5, 5.41) is 19.6. The third-order valence-corrected chi connectivity index (χ3v) is 6.04. The Morgan fingerprint density at radius 2 is 0.933 bits per heavy atom. The van der Waals surface area contributed by atoms with Crippen molar-refractivity contribution < 1.29 is 19.7 Å². The lowest BCUT2D eigenvalue weighted by Gasteiger charge is -2.23. The Balaban J connectivity index is 3.57. The molecule has 1 unspecified atom stereocenters. The van der Waals surface area contributed by atoms with Crippen LogP contribution in [0.15, 0.2) is 0 Å². The minimum absolute atomic E-state index is 0.191. The molecular weight excluding hydrogens is 376 g/mol. The molecule has 0 aromatic carbocycles. The largest absolute Gasteiger partial charge is 0.477 e. The van der Waals surface area contributed by atoms with E-state index in [1.165, 1.54) is 89.9 Å². The standard InChI is InChI=1S/C26H52O4/c1-3-5-7-9-11-12-13-14-15-16-17-18-19-21-23-26(29,25(27)28)30-24-22-20-10-8-6-4-2/h29H,3-24H2,1-2H3,(H,27,28). The minimum atomic E-state index is -2.00. The average molecular weight is 429 g/mol. The Kier molecular flexibility index (Phi) is 21.2. The molecule has 4 heteroatoms. The topological polar surface area (TPSA) is 66.8 Å². The second-order valence-corrected chi connectivity index (χ2v) is 9.05. The van der Waals surface area contributed by atoms with Crippen LogP contribution in [0.25, 0.3) is 0 Å². The van der Waals surface area contributed by atoms with Gasteiger partial charge in [-0.05, 0) is 12.8 Å². The van der Waals surface area contributed by atoms with Crippen LogP contribution in [0.1, 0.15) is 149 Å². The maximum atomic E-state index is 11.4. The van der Waals surface area contributed by atoms with E-state index in [1.807, 2.05) is 0 Å². The van der Waals surface area contributed by atoms with Gasteiger partial charge in [0.25, 0.3) is 5.79 Å². The Morgan fingerprint density at radius 3 is 1.30 bits per heavy atom. The average Bonchev–Trinajstić information content (AvgIpc) is 2.73. The third-order valence-electron chi connectivity index (χ3n) is 6.04. The summed E-state index contributed by atoms with van der Waals surface area (Å²) in [7, 11) is 0. The van der Waals surface area contributed by atoms with Gasteiger partial charge in [-0.3, -0.25) is 0 Å². The van der Waals surface area contributed by atoms with Crippen LogP contribution in [0.5, 0.6) is 0 Å². The smallest absolute Gasteiger partial charge is 0.364 e. The Hall–Kier alpha value is -0.610. The first-order valence-electron chi connectivity index (χ1n) is 13.2. The predicted molar refractivity (Wildman–Crippen MR) is 127 cm³/mol. The predicted octanol–water partition coefficient (Wildman–Crippen LogP) is 8.01. The SMILES string of the molecule is CCCCCCCCCCCCCCCCC(O)(OCCCCCCCC)C(=O)O. The maximum Gasteiger partial charge on any atom is 0.364 e. The summed E-state index contributed by atoms with van der Waals surface area (Å²) >= 11 is 0. The molecule has 0 aliphatic heterocycles. The van der Waals surface area contributed by atoms with E-state index in [0.717, 1.165) is 32.1 Å². The molecule has 0 aliphatic carbocycles. The summed E-state index contributed by atoms with van der Waals surface area (Å²) in [5.74, 6) is -3.25. The van der Waals surface area contributed by atoms with Crippen molar-refractivity contribution in [1.82, 2.24) is 0 Å². The molecule has 0 radical (unpaired) electrons. The van der Waals surface area contributed by atoms with Gasteiger partial charge in [-0.15, -0.1) is 0 Å². The molecule has 0 saturated heterocycles. The monoisotopic (exact) mass is 428 g/mol. The summed E-state index contributed by atoms with van der Waals surface area (Å²) in [6, 6.07) is 0. The normalized spacial score (nSPS) is 13.4. The van der Waals surface area contributed by atoms with Gasteiger partial charge < -0.3 is 14.9 Å². The molecule has 0 fully saturated rings. The fraction of sp³-hybridized carbons (Fsp3) is 0.962. The first-order valence-corrected chi connectivity index (χ1v) is 13.2. The van der Waals surface area contributed by atoms with Gasteiger partial charge in [0.15, 0.2) is 0 Å². The number of unbranched alkanes of at least 4 members (excludes halogenated alkanes) is 18. The minimum Gasteiger partial charge on any atom is -0.477 e. The molecule has 0 rings (SSSR count). The number of rotatable bonds is 24. The van der Waals surface area contributed by atoms with Gasteiger partial charge in [0.2, 0.25) is 0 Å². The highest BCUT2D eigenvalue weighted by Crippen LogP contribution is 2.20. The number of hydrogen-bond acceptors (Lipinski definition) is 3. The van der Waals surface area contributed by atoms with Gasteiger partial charge in [-0.2, -0.15) is 0 Å². The Labute approximate surface area is 187 Å². The van der Waals surface area contributed by atoms with E-state index in [9.17, 15) is 15.0 Å². The van der Waals surface area contributed by atoms with E-state index < -0.39 is 11.8 Å². The van der Waals surface area contributed by atoms with Crippen LogP contribution in [0.4, 0.5) is 0 Å². The number of carboxylic acid groups (broad SMARTS) is 1. The van der Waals surface area contributed by atoms with Gasteiger partial charge in [0.1, 0.15) is 0 Å². The van der Waals surface area contributed by atoms with Crippen molar-refractivity contribution in [1.29, 1.82) is 0 Å². The van der Waals surface area contributed by atoms with E-state index >= 15 is 0 Å². The van der Waals surface area contributed by atoms with Crippen LogP contribution < -0.4 is 0 Å². The molecule has 0 spiro atoms. The van der Waals surface area contributed by atoms with Crippen LogP contribution in [-0.4, -0.2) is 28.6 Å². The van der Waals surface area contributed by atoms with Gasteiger partial charge >= 0.3 is 5.97 Å². The van der Waals surface area contributed by atoms with E-state index in [2.05, 4.69) is 13.8 Å². The van der Waals surface area contributed by atoms with Crippen molar-refractivity contribution in [3.05, 3.63) is 0 Å². The second kappa shape index (κ2) is 21.6. The van der Waals surface area contributed by atoms with Gasteiger partial charge in [-0.1, -0.05) is 129 Å². The summed E-state index contributed by atoms with van der Waals surface area (Å²) in [5.41, 5.74) is 0. The van der Waals surface area contributed by atoms with Crippen LogP contribution in [0.2, 0.25) is 0 Å². The van der Waals surface area contributed by atoms with Crippen molar-refractivity contribution in [3.8, 4) is 0 Å². The first-order chi connectivity index (χ1) is 14.6. The van der Waals surface area contributed by atoms with Crippen molar-refractivity contribution in [2.45, 2.75) is 154 Å². The van der Waals surface area contributed by atoms with Crippen molar-refractivity contribution in [2.75, 3.05) is 6.61 Å². The lowest BCUT2D eigenvalue weighted by Crippen LogP contribution is -2.41. The lowest BCUT2D eigenvalue weighted by molar-refractivity contribution is -0.226. The molecule has 0 heterocycles. The molecule has 4 nitrogen and oxygen atoms in total. The molecule has 0 bridgehead atoms. The zero-order valence-corrected chi connectivity index (χ0v) is 20.3. The van der Waals surface area contributed by atoms with Crippen molar-refractivity contribution in [3.63, 3.8) is 0 Å². The molecule has 180 valence electrons. The first kappa shape index (κ1) is 29.4. The molecule has 2 N–H and O–H groups in total. The maximum absolute atomic E-state index is 11.4. The summed E-state index contributed by atoms with van der Waals surface area (Å²) < 4.78 is 5.37. The van der Waals surface area contributed by atoms with Crippen molar-refractivity contribution >= 4 is 5.97 Å². The second-order valence-electron chi connectivity index (χ2n) is 9.05. The van der Waals surface area contributed by atoms with Gasteiger partial charge in [0.05, 0.1) is 6.61 Å². The van der Waals surface area contributed by atoms with Crippen LogP contribution >= 0.6 is 0 Å². The number of hydrogen-bond donors (Lipinski definition) is 2. The molecule has 0 saturated carbocycles. The van der Waals surface area contributed by atoms with E-state index in [0.29, 0.717) is 13.0 Å². The zero-order valence-electron chi connectivity index (χ0n) is 20.3. The summed E-state index contributed by atoms with van der Waals surface area (Å²) in [6.45, 7) is 4.78. The highest BCUT2D eigenvalue weighted by Gasteiger charge is 2.36. The number of carbonyl (C=O) groups is 1. The molecule has 1 atom stereocenters. The molecule has 30 heavy (non-hydrogen) atoms. The van der Waals surface area contributed by atoms with E-state index in [1.54, 1.807) is 0 Å².